The summed E-state index contributed by atoms with van der Waals surface area (Å²) in [4.78, 5) is 0. The van der Waals surface area contributed by atoms with E-state index in [1.54, 1.807) is 11.1 Å². The van der Waals surface area contributed by atoms with Gasteiger partial charge in [0.2, 0.25) is 0 Å². The Bertz CT molecular complexity index is 361. The first-order chi connectivity index (χ1) is 7.45. The van der Waals surface area contributed by atoms with Crippen molar-refractivity contribution in [2.45, 2.75) is 38.0 Å². The van der Waals surface area contributed by atoms with E-state index in [2.05, 4.69) is 36.4 Å². The van der Waals surface area contributed by atoms with Crippen LogP contribution in [0.5, 0.6) is 0 Å². The maximum absolute atomic E-state index is 2.51. The van der Waals surface area contributed by atoms with E-state index in [9.17, 15) is 0 Å². The van der Waals surface area contributed by atoms with Crippen molar-refractivity contribution in [2.24, 2.45) is 5.92 Å². The Morgan fingerprint density at radius 1 is 0.933 bits per heavy atom. The van der Waals surface area contributed by atoms with Crippen LogP contribution in [-0.2, 0) is 0 Å². The van der Waals surface area contributed by atoms with Crippen molar-refractivity contribution >= 4 is 0 Å². The van der Waals surface area contributed by atoms with Gasteiger partial charge in [-0.2, -0.15) is 0 Å². The van der Waals surface area contributed by atoms with Gasteiger partial charge in [0.05, 0.1) is 0 Å². The SMILES string of the molecule is C1=C2CC(c3ccccc3)C2CCCC1. The van der Waals surface area contributed by atoms with Gasteiger partial charge in [0.15, 0.2) is 0 Å². The highest BCUT2D eigenvalue weighted by molar-refractivity contribution is 5.33. The van der Waals surface area contributed by atoms with Crippen LogP contribution >= 0.6 is 0 Å². The Kier molecular flexibility index (Phi) is 2.36. The van der Waals surface area contributed by atoms with E-state index in [-0.39, 0.29) is 0 Å². The molecule has 15 heavy (non-hydrogen) atoms. The van der Waals surface area contributed by atoms with Crippen molar-refractivity contribution < 1.29 is 0 Å². The summed E-state index contributed by atoms with van der Waals surface area (Å²) in [6.45, 7) is 0. The Morgan fingerprint density at radius 3 is 2.67 bits per heavy atom. The minimum atomic E-state index is 0.829. The van der Waals surface area contributed by atoms with Gasteiger partial charge in [-0.3, -0.25) is 0 Å². The number of hydrogen-bond acceptors (Lipinski definition) is 0. The zero-order chi connectivity index (χ0) is 10.1. The van der Waals surface area contributed by atoms with E-state index in [1.807, 2.05) is 0 Å². The largest absolute Gasteiger partial charge is 0.0850 e. The Labute approximate surface area is 92.0 Å². The van der Waals surface area contributed by atoms with E-state index < -0.39 is 0 Å². The second-order valence-electron chi connectivity index (χ2n) is 4.89. The topological polar surface area (TPSA) is 0 Å². The second-order valence-corrected chi connectivity index (χ2v) is 4.89. The molecule has 2 unspecified atom stereocenters. The third-order valence-electron chi connectivity index (χ3n) is 4.02. The average Bonchev–Trinajstić information content (AvgIpc) is 2.43. The third-order valence-corrected chi connectivity index (χ3v) is 4.02. The van der Waals surface area contributed by atoms with Crippen molar-refractivity contribution in [1.82, 2.24) is 0 Å². The number of benzene rings is 1. The molecule has 2 atom stereocenters. The lowest BCUT2D eigenvalue weighted by atomic mass is 9.65. The van der Waals surface area contributed by atoms with Crippen LogP contribution in [0.15, 0.2) is 42.0 Å². The van der Waals surface area contributed by atoms with Crippen LogP contribution < -0.4 is 0 Å². The summed E-state index contributed by atoms with van der Waals surface area (Å²) in [7, 11) is 0. The van der Waals surface area contributed by atoms with Gasteiger partial charge in [0, 0.05) is 0 Å². The molecule has 0 N–H and O–H groups in total. The number of hydrogen-bond donors (Lipinski definition) is 0. The lowest BCUT2D eigenvalue weighted by molar-refractivity contribution is 0.344. The Balaban J connectivity index is 1.81. The molecule has 0 saturated heterocycles. The molecular formula is C15H18. The summed E-state index contributed by atoms with van der Waals surface area (Å²) < 4.78 is 0. The molecule has 2 aliphatic rings. The highest BCUT2D eigenvalue weighted by Gasteiger charge is 2.36. The van der Waals surface area contributed by atoms with Gasteiger partial charge in [-0.05, 0) is 43.1 Å². The van der Waals surface area contributed by atoms with Crippen LogP contribution in [0, 0.1) is 5.92 Å². The molecule has 2 aliphatic carbocycles. The minimum absolute atomic E-state index is 0.829. The lowest BCUT2D eigenvalue weighted by Gasteiger charge is -2.40. The second kappa shape index (κ2) is 3.84. The van der Waals surface area contributed by atoms with Crippen LogP contribution in [0.25, 0.3) is 0 Å². The van der Waals surface area contributed by atoms with Gasteiger partial charge in [-0.15, -0.1) is 0 Å². The standard InChI is InChI=1S/C15H18/c1-3-7-12(8-4-1)15-11-13-9-5-2-6-10-14(13)15/h1,3-4,7-9,14-15H,2,5-6,10-11H2. The Hall–Kier alpha value is -1.04. The highest BCUT2D eigenvalue weighted by Crippen LogP contribution is 2.50. The number of rotatable bonds is 1. The van der Waals surface area contributed by atoms with E-state index >= 15 is 0 Å². The van der Waals surface area contributed by atoms with Crippen LogP contribution in [-0.4, -0.2) is 0 Å². The van der Waals surface area contributed by atoms with Crippen LogP contribution in [0.1, 0.15) is 43.6 Å². The summed E-state index contributed by atoms with van der Waals surface area (Å²) in [5, 5.41) is 0. The summed E-state index contributed by atoms with van der Waals surface area (Å²) in [5.74, 6) is 1.71. The zero-order valence-corrected chi connectivity index (χ0v) is 9.15. The molecule has 0 nitrogen and oxygen atoms in total. The van der Waals surface area contributed by atoms with E-state index in [0.29, 0.717) is 0 Å². The first-order valence-corrected chi connectivity index (χ1v) is 6.19. The smallest absolute Gasteiger partial charge is 0.00590 e. The molecule has 78 valence electrons. The molecule has 0 spiro atoms. The third kappa shape index (κ3) is 1.62. The molecule has 0 heteroatoms. The van der Waals surface area contributed by atoms with E-state index in [0.717, 1.165) is 11.8 Å². The monoisotopic (exact) mass is 198 g/mol. The minimum Gasteiger partial charge on any atom is -0.0850 e. The molecule has 0 radical (unpaired) electrons. The quantitative estimate of drug-likeness (QED) is 0.590. The van der Waals surface area contributed by atoms with Crippen molar-refractivity contribution in [3.8, 4) is 0 Å². The Morgan fingerprint density at radius 2 is 1.80 bits per heavy atom. The molecule has 1 fully saturated rings. The molecule has 1 saturated carbocycles. The summed E-state index contributed by atoms with van der Waals surface area (Å²) in [5.41, 5.74) is 3.31. The van der Waals surface area contributed by atoms with Gasteiger partial charge < -0.3 is 0 Å². The van der Waals surface area contributed by atoms with Gasteiger partial charge in [-0.1, -0.05) is 48.4 Å². The fourth-order valence-electron chi connectivity index (χ4n) is 3.11. The maximum atomic E-state index is 2.51. The van der Waals surface area contributed by atoms with Gasteiger partial charge in [0.25, 0.3) is 0 Å². The maximum Gasteiger partial charge on any atom is -0.00590 e. The van der Waals surface area contributed by atoms with Crippen molar-refractivity contribution in [2.75, 3.05) is 0 Å². The molecule has 0 bridgehead atoms. The van der Waals surface area contributed by atoms with Crippen molar-refractivity contribution in [1.29, 1.82) is 0 Å². The van der Waals surface area contributed by atoms with Gasteiger partial charge >= 0.3 is 0 Å². The van der Waals surface area contributed by atoms with E-state index in [1.165, 1.54) is 32.1 Å². The number of fused-ring (bicyclic) bond motifs is 1. The summed E-state index contributed by atoms with van der Waals surface area (Å²) in [6.07, 6.45) is 9.42. The molecule has 0 amide bonds. The highest BCUT2D eigenvalue weighted by atomic mass is 14.4. The van der Waals surface area contributed by atoms with E-state index in [4.69, 9.17) is 0 Å². The molecular weight excluding hydrogens is 180 g/mol. The van der Waals surface area contributed by atoms with Crippen molar-refractivity contribution in [3.05, 3.63) is 47.5 Å². The van der Waals surface area contributed by atoms with Crippen LogP contribution in [0.2, 0.25) is 0 Å². The fraction of sp³-hybridized carbons (Fsp3) is 0.467. The zero-order valence-electron chi connectivity index (χ0n) is 9.15. The fourth-order valence-corrected chi connectivity index (χ4v) is 3.11. The molecule has 0 aromatic heterocycles. The van der Waals surface area contributed by atoms with Crippen LogP contribution in [0.3, 0.4) is 0 Å². The predicted molar refractivity (Wildman–Crippen MR) is 63.8 cm³/mol. The summed E-state index contributed by atoms with van der Waals surface area (Å²) in [6, 6.07) is 11.1. The molecule has 1 aromatic carbocycles. The molecule has 1 aromatic rings. The first-order valence-electron chi connectivity index (χ1n) is 6.19. The predicted octanol–water partition coefficient (Wildman–Crippen LogP) is 4.29. The van der Waals surface area contributed by atoms with Gasteiger partial charge in [-0.25, -0.2) is 0 Å². The molecule has 3 rings (SSSR count). The average molecular weight is 198 g/mol. The van der Waals surface area contributed by atoms with Crippen LogP contribution in [0.4, 0.5) is 0 Å². The normalized spacial score (nSPS) is 29.7. The molecule has 0 aliphatic heterocycles. The van der Waals surface area contributed by atoms with Crippen molar-refractivity contribution in [3.63, 3.8) is 0 Å². The number of allylic oxidation sites excluding steroid dienone is 2. The first kappa shape index (κ1) is 9.21. The summed E-state index contributed by atoms with van der Waals surface area (Å²) >= 11 is 0. The lowest BCUT2D eigenvalue weighted by Crippen LogP contribution is -2.26. The van der Waals surface area contributed by atoms with Gasteiger partial charge in [0.1, 0.15) is 0 Å². The molecule has 0 heterocycles.